The molecule has 1 rings (SSSR count). The van der Waals surface area contributed by atoms with E-state index >= 15 is 0 Å². The molecule has 1 amide bonds. The third kappa shape index (κ3) is 6.32. The van der Waals surface area contributed by atoms with Crippen LogP contribution in [-0.2, 0) is 21.2 Å². The van der Waals surface area contributed by atoms with Gasteiger partial charge in [-0.1, -0.05) is 30.3 Å². The number of primary sulfonamides is 1. The summed E-state index contributed by atoms with van der Waals surface area (Å²) in [6.07, 6.45) is 0.526. The molecule has 0 heterocycles. The second-order valence-corrected chi connectivity index (χ2v) is 6.01. The van der Waals surface area contributed by atoms with E-state index in [1.807, 2.05) is 30.3 Å². The molecule has 1 atom stereocenters. The Labute approximate surface area is 113 Å². The molecule has 0 saturated heterocycles. The van der Waals surface area contributed by atoms with Crippen LogP contribution < -0.4 is 16.2 Å². The second kappa shape index (κ2) is 7.22. The fourth-order valence-electron chi connectivity index (χ4n) is 1.64. The van der Waals surface area contributed by atoms with Gasteiger partial charge in [0.15, 0.2) is 0 Å². The molecule has 19 heavy (non-hydrogen) atoms. The Morgan fingerprint density at radius 2 is 1.89 bits per heavy atom. The summed E-state index contributed by atoms with van der Waals surface area (Å²) in [4.78, 5) is 11.8. The predicted octanol–water partition coefficient (Wildman–Crippen LogP) is -0.791. The molecule has 0 aliphatic carbocycles. The summed E-state index contributed by atoms with van der Waals surface area (Å²) in [6.45, 7) is 0.207. The second-order valence-electron chi connectivity index (χ2n) is 4.28. The monoisotopic (exact) mass is 285 g/mol. The molecule has 0 fully saturated rings. The van der Waals surface area contributed by atoms with Crippen LogP contribution in [0.25, 0.3) is 0 Å². The third-order valence-corrected chi connectivity index (χ3v) is 3.44. The van der Waals surface area contributed by atoms with Crippen molar-refractivity contribution in [2.75, 3.05) is 18.8 Å². The van der Waals surface area contributed by atoms with E-state index in [1.54, 1.807) is 0 Å². The summed E-state index contributed by atoms with van der Waals surface area (Å²) >= 11 is 0. The number of amides is 1. The molecule has 0 aliphatic rings. The summed E-state index contributed by atoms with van der Waals surface area (Å²) in [5, 5.41) is 7.38. The van der Waals surface area contributed by atoms with Crippen LogP contribution in [0.2, 0.25) is 0 Å². The van der Waals surface area contributed by atoms with Crippen molar-refractivity contribution in [3.05, 3.63) is 35.9 Å². The first-order chi connectivity index (χ1) is 8.92. The van der Waals surface area contributed by atoms with Crippen LogP contribution >= 0.6 is 0 Å². The van der Waals surface area contributed by atoms with Gasteiger partial charge in [0.05, 0.1) is 11.7 Å². The van der Waals surface area contributed by atoms with E-state index in [-0.39, 0.29) is 30.7 Å². The largest absolute Gasteiger partial charge is 0.355 e. The highest BCUT2D eigenvalue weighted by Crippen LogP contribution is 2.07. The first-order valence-electron chi connectivity index (χ1n) is 5.94. The van der Waals surface area contributed by atoms with Crippen molar-refractivity contribution in [1.29, 1.82) is 0 Å². The lowest BCUT2D eigenvalue weighted by Crippen LogP contribution is -2.39. The van der Waals surface area contributed by atoms with E-state index in [0.29, 0.717) is 6.42 Å². The van der Waals surface area contributed by atoms with Crippen LogP contribution in [0.5, 0.6) is 0 Å². The molecule has 0 saturated carbocycles. The van der Waals surface area contributed by atoms with Crippen molar-refractivity contribution in [3.63, 3.8) is 0 Å². The summed E-state index contributed by atoms with van der Waals surface area (Å²) in [6, 6.07) is 9.51. The molecule has 0 aliphatic heterocycles. The lowest BCUT2D eigenvalue weighted by Gasteiger charge is -2.14. The molecule has 0 spiro atoms. The Morgan fingerprint density at radius 3 is 2.42 bits per heavy atom. The zero-order valence-corrected chi connectivity index (χ0v) is 11.4. The average Bonchev–Trinajstić information content (AvgIpc) is 2.35. The van der Waals surface area contributed by atoms with Gasteiger partial charge in [0.1, 0.15) is 0 Å². The topological polar surface area (TPSA) is 115 Å². The first kappa shape index (κ1) is 15.6. The lowest BCUT2D eigenvalue weighted by atomic mass is 9.99. The van der Waals surface area contributed by atoms with Crippen molar-refractivity contribution < 1.29 is 13.2 Å². The van der Waals surface area contributed by atoms with Crippen LogP contribution in [0.15, 0.2) is 30.3 Å². The van der Waals surface area contributed by atoms with Crippen molar-refractivity contribution in [2.45, 2.75) is 6.42 Å². The Hall–Kier alpha value is -1.44. The highest BCUT2D eigenvalue weighted by Gasteiger charge is 2.17. The van der Waals surface area contributed by atoms with Gasteiger partial charge in [0.2, 0.25) is 15.9 Å². The lowest BCUT2D eigenvalue weighted by molar-refractivity contribution is -0.124. The van der Waals surface area contributed by atoms with Gasteiger partial charge >= 0.3 is 0 Å². The summed E-state index contributed by atoms with van der Waals surface area (Å²) < 4.78 is 21.5. The Balaban J connectivity index is 2.48. The van der Waals surface area contributed by atoms with Crippen LogP contribution in [0, 0.1) is 5.92 Å². The highest BCUT2D eigenvalue weighted by molar-refractivity contribution is 7.89. The predicted molar refractivity (Wildman–Crippen MR) is 73.7 cm³/mol. The molecule has 0 aromatic heterocycles. The molecule has 0 bridgehead atoms. The maximum absolute atomic E-state index is 11.8. The number of nitrogens with two attached hydrogens (primary N) is 2. The van der Waals surface area contributed by atoms with Gasteiger partial charge in [0, 0.05) is 13.1 Å². The molecule has 1 aromatic rings. The summed E-state index contributed by atoms with van der Waals surface area (Å²) in [5.41, 5.74) is 6.59. The van der Waals surface area contributed by atoms with E-state index in [9.17, 15) is 13.2 Å². The molecule has 5 N–H and O–H groups in total. The minimum Gasteiger partial charge on any atom is -0.355 e. The molecule has 6 nitrogen and oxygen atoms in total. The average molecular weight is 285 g/mol. The summed E-state index contributed by atoms with van der Waals surface area (Å²) in [5.74, 6) is -0.903. The quantitative estimate of drug-likeness (QED) is 0.608. The zero-order valence-electron chi connectivity index (χ0n) is 10.6. The van der Waals surface area contributed by atoms with E-state index in [2.05, 4.69) is 5.32 Å². The van der Waals surface area contributed by atoms with Crippen molar-refractivity contribution in [2.24, 2.45) is 16.8 Å². The fraction of sp³-hybridized carbons (Fsp3) is 0.417. The molecule has 106 valence electrons. The molecule has 0 radical (unpaired) electrons. The van der Waals surface area contributed by atoms with E-state index < -0.39 is 10.0 Å². The third-order valence-electron chi connectivity index (χ3n) is 2.67. The number of carbonyl (C=O) groups excluding carboxylic acids is 1. The number of rotatable bonds is 7. The Bertz CT molecular complexity index is 502. The zero-order chi connectivity index (χ0) is 14.3. The maximum atomic E-state index is 11.8. The van der Waals surface area contributed by atoms with Gasteiger partial charge in [-0.2, -0.15) is 0 Å². The van der Waals surface area contributed by atoms with Crippen LogP contribution in [0.4, 0.5) is 0 Å². The fourth-order valence-corrected chi connectivity index (χ4v) is 2.03. The van der Waals surface area contributed by atoms with Gasteiger partial charge < -0.3 is 11.1 Å². The van der Waals surface area contributed by atoms with Gasteiger partial charge in [-0.15, -0.1) is 0 Å². The number of sulfonamides is 1. The van der Waals surface area contributed by atoms with Crippen LogP contribution in [0.3, 0.4) is 0 Å². The van der Waals surface area contributed by atoms with Gasteiger partial charge in [0.25, 0.3) is 0 Å². The van der Waals surface area contributed by atoms with Crippen molar-refractivity contribution in [3.8, 4) is 0 Å². The Morgan fingerprint density at radius 1 is 1.26 bits per heavy atom. The smallest absolute Gasteiger partial charge is 0.224 e. The van der Waals surface area contributed by atoms with Gasteiger partial charge in [-0.25, -0.2) is 13.6 Å². The van der Waals surface area contributed by atoms with Gasteiger partial charge in [-0.05, 0) is 12.0 Å². The molecule has 7 heteroatoms. The minimum atomic E-state index is -3.56. The minimum absolute atomic E-state index is 0.00293. The molecular formula is C12H19N3O3S. The SMILES string of the molecule is NCC(Cc1ccccc1)C(=O)NCCS(N)(=O)=O. The number of carbonyl (C=O) groups is 1. The number of hydrogen-bond donors (Lipinski definition) is 3. The van der Waals surface area contributed by atoms with Crippen molar-refractivity contribution >= 4 is 15.9 Å². The van der Waals surface area contributed by atoms with E-state index in [4.69, 9.17) is 10.9 Å². The standard InChI is InChI=1S/C12H19N3O3S/c13-9-11(8-10-4-2-1-3-5-10)12(16)15-6-7-19(14,17)18/h1-5,11H,6-9,13H2,(H,15,16)(H2,14,17,18). The number of benzene rings is 1. The molecule has 1 aromatic carbocycles. The highest BCUT2D eigenvalue weighted by atomic mass is 32.2. The first-order valence-corrected chi connectivity index (χ1v) is 7.66. The van der Waals surface area contributed by atoms with Crippen LogP contribution in [-0.4, -0.2) is 33.2 Å². The summed E-state index contributed by atoms with van der Waals surface area (Å²) in [7, 11) is -3.56. The van der Waals surface area contributed by atoms with Crippen molar-refractivity contribution in [1.82, 2.24) is 5.32 Å². The molecule has 1 unspecified atom stereocenters. The molecular weight excluding hydrogens is 266 g/mol. The number of hydrogen-bond acceptors (Lipinski definition) is 4. The van der Waals surface area contributed by atoms with Crippen LogP contribution in [0.1, 0.15) is 5.56 Å². The van der Waals surface area contributed by atoms with E-state index in [1.165, 1.54) is 0 Å². The number of nitrogens with one attached hydrogen (secondary N) is 1. The Kier molecular flexibility index (Phi) is 5.94. The normalized spacial score (nSPS) is 12.9. The van der Waals surface area contributed by atoms with Gasteiger partial charge in [-0.3, -0.25) is 4.79 Å². The van der Waals surface area contributed by atoms with E-state index in [0.717, 1.165) is 5.56 Å². The maximum Gasteiger partial charge on any atom is 0.224 e.